The van der Waals surface area contributed by atoms with Gasteiger partial charge in [-0.3, -0.25) is 0 Å². The highest BCUT2D eigenvalue weighted by Crippen LogP contribution is 2.30. The van der Waals surface area contributed by atoms with E-state index in [1.165, 1.54) is 31.5 Å². The Morgan fingerprint density at radius 1 is 1.00 bits per heavy atom. The van der Waals surface area contributed by atoms with Crippen LogP contribution in [-0.4, -0.2) is 20.2 Å². The van der Waals surface area contributed by atoms with Crippen molar-refractivity contribution in [3.63, 3.8) is 0 Å². The van der Waals surface area contributed by atoms with E-state index in [0.717, 1.165) is 17.6 Å². The van der Waals surface area contributed by atoms with Crippen LogP contribution < -0.4 is 10.1 Å². The van der Waals surface area contributed by atoms with Crippen molar-refractivity contribution in [1.29, 1.82) is 0 Å². The van der Waals surface area contributed by atoms with Crippen molar-refractivity contribution >= 4 is 23.2 Å². The van der Waals surface area contributed by atoms with E-state index in [0.29, 0.717) is 10.0 Å². The van der Waals surface area contributed by atoms with Crippen molar-refractivity contribution in [1.82, 2.24) is 5.32 Å². The van der Waals surface area contributed by atoms with Crippen LogP contribution >= 0.6 is 23.2 Å². The SMILES string of the molecule is CC(c1ccccc1)C1CCNCC1.COc1ccc(Cl)c(Cl)c1. The average molecular weight is 366 g/mol. The maximum Gasteiger partial charge on any atom is 0.120 e. The number of nitrogens with one attached hydrogen (secondary N) is 1. The van der Waals surface area contributed by atoms with Crippen molar-refractivity contribution in [3.05, 3.63) is 64.1 Å². The molecule has 1 heterocycles. The van der Waals surface area contributed by atoms with Gasteiger partial charge in [-0.1, -0.05) is 60.5 Å². The molecule has 4 heteroatoms. The first-order chi connectivity index (χ1) is 11.6. The number of hydrogen-bond acceptors (Lipinski definition) is 2. The molecule has 0 aromatic heterocycles. The summed E-state index contributed by atoms with van der Waals surface area (Å²) in [6.45, 7) is 4.76. The molecular formula is C20H25Cl2NO. The number of ether oxygens (including phenoxy) is 1. The van der Waals surface area contributed by atoms with E-state index in [9.17, 15) is 0 Å². The maximum atomic E-state index is 5.68. The second-order valence-electron chi connectivity index (χ2n) is 6.07. The second kappa shape index (κ2) is 9.93. The van der Waals surface area contributed by atoms with Crippen molar-refractivity contribution in [3.8, 4) is 5.75 Å². The smallest absolute Gasteiger partial charge is 0.120 e. The molecule has 1 aliphatic rings. The summed E-state index contributed by atoms with van der Waals surface area (Å²) in [7, 11) is 1.58. The molecular weight excluding hydrogens is 341 g/mol. The standard InChI is InChI=1S/C13H19N.C7H6Cl2O/c1-11(12-5-3-2-4-6-12)13-7-9-14-10-8-13;1-10-5-2-3-6(8)7(9)4-5/h2-6,11,13-14H,7-10H2,1H3;2-4H,1H3. The Hall–Kier alpha value is -1.22. The molecule has 2 aromatic rings. The number of methoxy groups -OCH3 is 1. The predicted molar refractivity (Wildman–Crippen MR) is 103 cm³/mol. The summed E-state index contributed by atoms with van der Waals surface area (Å²) in [5.41, 5.74) is 1.50. The van der Waals surface area contributed by atoms with E-state index in [2.05, 4.69) is 42.6 Å². The summed E-state index contributed by atoms with van der Waals surface area (Å²) in [6, 6.07) is 16.0. The van der Waals surface area contributed by atoms with Gasteiger partial charge in [0.15, 0.2) is 0 Å². The highest BCUT2D eigenvalue weighted by Gasteiger charge is 2.20. The summed E-state index contributed by atoms with van der Waals surface area (Å²) in [4.78, 5) is 0. The molecule has 0 radical (unpaired) electrons. The van der Waals surface area contributed by atoms with E-state index in [4.69, 9.17) is 27.9 Å². The van der Waals surface area contributed by atoms with Crippen molar-refractivity contribution < 1.29 is 4.74 Å². The van der Waals surface area contributed by atoms with Gasteiger partial charge in [-0.2, -0.15) is 0 Å². The van der Waals surface area contributed by atoms with E-state index < -0.39 is 0 Å². The van der Waals surface area contributed by atoms with E-state index in [1.54, 1.807) is 25.3 Å². The van der Waals surface area contributed by atoms with Crippen molar-refractivity contribution in [2.75, 3.05) is 20.2 Å². The largest absolute Gasteiger partial charge is 0.497 e. The number of rotatable bonds is 3. The number of halogens is 2. The summed E-state index contributed by atoms with van der Waals surface area (Å²) in [5.74, 6) is 2.31. The van der Waals surface area contributed by atoms with Crippen molar-refractivity contribution in [2.45, 2.75) is 25.7 Å². The molecule has 0 amide bonds. The molecule has 0 bridgehead atoms. The molecule has 2 nitrogen and oxygen atoms in total. The Balaban J connectivity index is 0.000000185. The molecule has 130 valence electrons. The van der Waals surface area contributed by atoms with Gasteiger partial charge >= 0.3 is 0 Å². The van der Waals surface area contributed by atoms with Crippen LogP contribution in [0, 0.1) is 5.92 Å². The molecule has 1 unspecified atom stereocenters. The third kappa shape index (κ3) is 5.70. The lowest BCUT2D eigenvalue weighted by Crippen LogP contribution is -2.30. The fourth-order valence-electron chi connectivity index (χ4n) is 2.98. The molecule has 2 aromatic carbocycles. The van der Waals surface area contributed by atoms with Gasteiger partial charge in [0.05, 0.1) is 17.2 Å². The van der Waals surface area contributed by atoms with Crippen LogP contribution in [0.15, 0.2) is 48.5 Å². The molecule has 0 aliphatic carbocycles. The normalized spacial score (nSPS) is 16.0. The second-order valence-corrected chi connectivity index (χ2v) is 6.88. The van der Waals surface area contributed by atoms with Gasteiger partial charge < -0.3 is 10.1 Å². The molecule has 3 rings (SSSR count). The highest BCUT2D eigenvalue weighted by atomic mass is 35.5. The maximum absolute atomic E-state index is 5.68. The summed E-state index contributed by atoms with van der Waals surface area (Å²) < 4.78 is 4.91. The zero-order chi connectivity index (χ0) is 17.4. The van der Waals surface area contributed by atoms with Gasteiger partial charge in [0.25, 0.3) is 0 Å². The highest BCUT2D eigenvalue weighted by molar-refractivity contribution is 6.42. The Morgan fingerprint density at radius 2 is 1.67 bits per heavy atom. The fourth-order valence-corrected chi connectivity index (χ4v) is 3.26. The fraction of sp³-hybridized carbons (Fsp3) is 0.400. The first kappa shape index (κ1) is 19.1. The van der Waals surface area contributed by atoms with Gasteiger partial charge in [-0.05, 0) is 55.5 Å². The predicted octanol–water partition coefficient (Wildman–Crippen LogP) is 5.79. The van der Waals surface area contributed by atoms with Crippen molar-refractivity contribution in [2.24, 2.45) is 5.92 Å². The Bertz CT molecular complexity index is 612. The van der Waals surface area contributed by atoms with Gasteiger partial charge in [-0.25, -0.2) is 0 Å². The van der Waals surface area contributed by atoms with E-state index in [-0.39, 0.29) is 0 Å². The Morgan fingerprint density at radius 3 is 2.25 bits per heavy atom. The minimum atomic E-state index is 0.515. The molecule has 1 atom stereocenters. The van der Waals surface area contributed by atoms with Crippen LogP contribution in [0.4, 0.5) is 0 Å². The number of piperidine rings is 1. The molecule has 0 spiro atoms. The third-order valence-corrected chi connectivity index (χ3v) is 5.28. The molecule has 1 aliphatic heterocycles. The van der Waals surface area contributed by atoms with E-state index in [1.807, 2.05) is 0 Å². The quantitative estimate of drug-likeness (QED) is 0.742. The number of benzene rings is 2. The molecule has 1 N–H and O–H groups in total. The lowest BCUT2D eigenvalue weighted by molar-refractivity contribution is 0.330. The first-order valence-corrected chi connectivity index (χ1v) is 9.12. The first-order valence-electron chi connectivity index (χ1n) is 8.36. The summed E-state index contributed by atoms with van der Waals surface area (Å²) in [6.07, 6.45) is 2.66. The van der Waals surface area contributed by atoms with Gasteiger partial charge in [0.1, 0.15) is 5.75 Å². The summed E-state index contributed by atoms with van der Waals surface area (Å²) >= 11 is 11.3. The zero-order valence-corrected chi connectivity index (χ0v) is 15.8. The lowest BCUT2D eigenvalue weighted by Gasteiger charge is -2.28. The van der Waals surface area contributed by atoms with Crippen LogP contribution in [0.3, 0.4) is 0 Å². The van der Waals surface area contributed by atoms with Gasteiger partial charge in [-0.15, -0.1) is 0 Å². The zero-order valence-electron chi connectivity index (χ0n) is 14.3. The monoisotopic (exact) mass is 365 g/mol. The van der Waals surface area contributed by atoms with Crippen LogP contribution in [0.1, 0.15) is 31.2 Å². The van der Waals surface area contributed by atoms with Crippen LogP contribution in [0.25, 0.3) is 0 Å². The van der Waals surface area contributed by atoms with Crippen LogP contribution in [0.2, 0.25) is 10.0 Å². The Kier molecular flexibility index (Phi) is 7.90. The summed E-state index contributed by atoms with van der Waals surface area (Å²) in [5, 5.41) is 4.48. The minimum Gasteiger partial charge on any atom is -0.497 e. The molecule has 0 saturated carbocycles. The van der Waals surface area contributed by atoms with Gasteiger partial charge in [0.2, 0.25) is 0 Å². The van der Waals surface area contributed by atoms with Crippen LogP contribution in [-0.2, 0) is 0 Å². The minimum absolute atomic E-state index is 0.515. The molecule has 1 fully saturated rings. The van der Waals surface area contributed by atoms with Crippen LogP contribution in [0.5, 0.6) is 5.75 Å². The third-order valence-electron chi connectivity index (χ3n) is 4.54. The molecule has 1 saturated heterocycles. The Labute approximate surface area is 155 Å². The topological polar surface area (TPSA) is 21.3 Å². The number of hydrogen-bond donors (Lipinski definition) is 1. The van der Waals surface area contributed by atoms with Gasteiger partial charge in [0, 0.05) is 6.07 Å². The van der Waals surface area contributed by atoms with E-state index >= 15 is 0 Å². The molecule has 24 heavy (non-hydrogen) atoms. The average Bonchev–Trinajstić information content (AvgIpc) is 2.65. The lowest BCUT2D eigenvalue weighted by atomic mass is 9.82.